The molecule has 0 atom stereocenters. The van der Waals surface area contributed by atoms with Gasteiger partial charge in [-0.3, -0.25) is 4.98 Å². The maximum Gasteiger partial charge on any atom is 0.0340 e. The number of nitrogens with zero attached hydrogens (tertiary/aromatic N) is 1. The molecule has 1 heterocycles. The number of hydrogen-bond donors (Lipinski definition) is 1. The van der Waals surface area contributed by atoms with Gasteiger partial charge in [-0.05, 0) is 11.6 Å². The van der Waals surface area contributed by atoms with E-state index in [0.29, 0.717) is 0 Å². The van der Waals surface area contributed by atoms with Gasteiger partial charge in [0.1, 0.15) is 0 Å². The van der Waals surface area contributed by atoms with Gasteiger partial charge < -0.3 is 0 Å². The first kappa shape index (κ1) is 7.35. The molecule has 52 valence electrons. The van der Waals surface area contributed by atoms with Crippen LogP contribution in [0.4, 0.5) is 0 Å². The van der Waals surface area contributed by atoms with Crippen LogP contribution < -0.4 is 0 Å². The van der Waals surface area contributed by atoms with Crippen LogP contribution in [0.2, 0.25) is 0 Å². The van der Waals surface area contributed by atoms with E-state index in [1.807, 2.05) is 30.5 Å². The average Bonchev–Trinajstić information content (AvgIpc) is 2.03. The van der Waals surface area contributed by atoms with Crippen molar-refractivity contribution >= 4 is 18.7 Å². The quantitative estimate of drug-likeness (QED) is 0.638. The van der Waals surface area contributed by atoms with Crippen LogP contribution >= 0.6 is 12.6 Å². The third-order valence-electron chi connectivity index (χ3n) is 1.10. The summed E-state index contributed by atoms with van der Waals surface area (Å²) in [7, 11) is 0. The topological polar surface area (TPSA) is 12.9 Å². The standard InChI is InChI=1S/C8H9NS/c10-6-2-4-8-3-1-5-9-7-8/h1-5,7,10H,6H2. The van der Waals surface area contributed by atoms with Crippen molar-refractivity contribution in [2.24, 2.45) is 0 Å². The number of hydrogen-bond acceptors (Lipinski definition) is 2. The molecule has 0 N–H and O–H groups in total. The molecule has 2 heteroatoms. The second kappa shape index (κ2) is 4.12. The van der Waals surface area contributed by atoms with Crippen molar-refractivity contribution in [3.63, 3.8) is 0 Å². The highest BCUT2D eigenvalue weighted by molar-refractivity contribution is 7.80. The Morgan fingerprint density at radius 3 is 3.10 bits per heavy atom. The zero-order valence-corrected chi connectivity index (χ0v) is 6.46. The van der Waals surface area contributed by atoms with Gasteiger partial charge in [-0.2, -0.15) is 12.6 Å². The van der Waals surface area contributed by atoms with E-state index in [1.165, 1.54) is 0 Å². The molecule has 0 bridgehead atoms. The molecule has 0 radical (unpaired) electrons. The molecule has 0 aromatic carbocycles. The molecule has 0 amide bonds. The lowest BCUT2D eigenvalue weighted by Gasteiger charge is -1.87. The minimum atomic E-state index is 0.773. The van der Waals surface area contributed by atoms with Gasteiger partial charge in [0.15, 0.2) is 0 Å². The Morgan fingerprint density at radius 1 is 1.60 bits per heavy atom. The van der Waals surface area contributed by atoms with Crippen molar-refractivity contribution in [1.29, 1.82) is 0 Å². The van der Waals surface area contributed by atoms with Gasteiger partial charge in [0, 0.05) is 18.1 Å². The first-order valence-corrected chi connectivity index (χ1v) is 3.74. The zero-order valence-electron chi connectivity index (χ0n) is 5.57. The molecule has 0 aliphatic rings. The fourth-order valence-electron chi connectivity index (χ4n) is 0.663. The molecule has 0 saturated heterocycles. The van der Waals surface area contributed by atoms with Crippen molar-refractivity contribution in [1.82, 2.24) is 4.98 Å². The van der Waals surface area contributed by atoms with E-state index in [2.05, 4.69) is 17.6 Å². The van der Waals surface area contributed by atoms with Crippen LogP contribution in [0.1, 0.15) is 5.56 Å². The molecule has 10 heavy (non-hydrogen) atoms. The third-order valence-corrected chi connectivity index (χ3v) is 1.31. The number of aromatic nitrogens is 1. The fraction of sp³-hybridized carbons (Fsp3) is 0.125. The average molecular weight is 151 g/mol. The molecule has 0 unspecified atom stereocenters. The van der Waals surface area contributed by atoms with E-state index in [9.17, 15) is 0 Å². The van der Waals surface area contributed by atoms with Gasteiger partial charge in [0.25, 0.3) is 0 Å². The fourth-order valence-corrected chi connectivity index (χ4v) is 0.769. The largest absolute Gasteiger partial charge is 0.264 e. The second-order valence-corrected chi connectivity index (χ2v) is 2.24. The van der Waals surface area contributed by atoms with E-state index in [0.717, 1.165) is 11.3 Å². The lowest BCUT2D eigenvalue weighted by Crippen LogP contribution is -1.72. The molecule has 0 spiro atoms. The van der Waals surface area contributed by atoms with E-state index in [4.69, 9.17) is 0 Å². The highest BCUT2D eigenvalue weighted by Gasteiger charge is 1.80. The van der Waals surface area contributed by atoms with Crippen molar-refractivity contribution in [3.05, 3.63) is 36.2 Å². The summed E-state index contributed by atoms with van der Waals surface area (Å²) >= 11 is 4.04. The van der Waals surface area contributed by atoms with Gasteiger partial charge in [0.2, 0.25) is 0 Å². The van der Waals surface area contributed by atoms with Gasteiger partial charge >= 0.3 is 0 Å². The summed E-state index contributed by atoms with van der Waals surface area (Å²) in [4.78, 5) is 3.96. The molecule has 1 nitrogen and oxygen atoms in total. The monoisotopic (exact) mass is 151 g/mol. The molecule has 0 aliphatic carbocycles. The first-order chi connectivity index (χ1) is 4.93. The summed E-state index contributed by atoms with van der Waals surface area (Å²) in [5.41, 5.74) is 1.12. The highest BCUT2D eigenvalue weighted by Crippen LogP contribution is 1.97. The smallest absolute Gasteiger partial charge is 0.0340 e. The molecule has 0 saturated carbocycles. The first-order valence-electron chi connectivity index (χ1n) is 3.11. The van der Waals surface area contributed by atoms with Crippen LogP contribution in [-0.2, 0) is 0 Å². The Morgan fingerprint density at radius 2 is 2.50 bits per heavy atom. The molecule has 1 rings (SSSR count). The maximum absolute atomic E-state index is 4.04. The molecule has 0 fully saturated rings. The Kier molecular flexibility index (Phi) is 3.03. The lowest BCUT2D eigenvalue weighted by molar-refractivity contribution is 1.32. The van der Waals surface area contributed by atoms with Crippen molar-refractivity contribution in [3.8, 4) is 0 Å². The normalized spacial score (nSPS) is 10.5. The summed E-state index contributed by atoms with van der Waals surface area (Å²) in [5.74, 6) is 0.773. The molecular formula is C8H9NS. The van der Waals surface area contributed by atoms with E-state index in [1.54, 1.807) is 6.20 Å². The summed E-state index contributed by atoms with van der Waals surface area (Å²) in [6.07, 6.45) is 7.57. The molecule has 0 aliphatic heterocycles. The number of rotatable bonds is 2. The van der Waals surface area contributed by atoms with Gasteiger partial charge in [0.05, 0.1) is 0 Å². The summed E-state index contributed by atoms with van der Waals surface area (Å²) in [6.45, 7) is 0. The summed E-state index contributed by atoms with van der Waals surface area (Å²) in [5, 5.41) is 0. The van der Waals surface area contributed by atoms with Gasteiger partial charge in [-0.15, -0.1) is 0 Å². The van der Waals surface area contributed by atoms with Crippen molar-refractivity contribution < 1.29 is 0 Å². The van der Waals surface area contributed by atoms with E-state index >= 15 is 0 Å². The predicted octanol–water partition coefficient (Wildman–Crippen LogP) is 2.02. The SMILES string of the molecule is SCC=Cc1cccnc1. The van der Waals surface area contributed by atoms with Gasteiger partial charge in [-0.25, -0.2) is 0 Å². The molecule has 1 aromatic heterocycles. The Hall–Kier alpha value is -0.760. The van der Waals surface area contributed by atoms with Crippen LogP contribution in [0.15, 0.2) is 30.6 Å². The van der Waals surface area contributed by atoms with Crippen molar-refractivity contribution in [2.75, 3.05) is 5.75 Å². The van der Waals surface area contributed by atoms with Crippen LogP contribution in [0.3, 0.4) is 0 Å². The summed E-state index contributed by atoms with van der Waals surface area (Å²) < 4.78 is 0. The lowest BCUT2D eigenvalue weighted by atomic mass is 10.3. The Labute approximate surface area is 66.2 Å². The zero-order chi connectivity index (χ0) is 7.23. The van der Waals surface area contributed by atoms with Crippen LogP contribution in [-0.4, -0.2) is 10.7 Å². The maximum atomic E-state index is 4.04. The minimum Gasteiger partial charge on any atom is -0.264 e. The number of pyridine rings is 1. The number of thiol groups is 1. The van der Waals surface area contributed by atoms with E-state index in [-0.39, 0.29) is 0 Å². The van der Waals surface area contributed by atoms with Crippen LogP contribution in [0, 0.1) is 0 Å². The highest BCUT2D eigenvalue weighted by atomic mass is 32.1. The predicted molar refractivity (Wildman–Crippen MR) is 47.1 cm³/mol. The molecular weight excluding hydrogens is 142 g/mol. The van der Waals surface area contributed by atoms with Crippen molar-refractivity contribution in [2.45, 2.75) is 0 Å². The Bertz CT molecular complexity index is 206. The van der Waals surface area contributed by atoms with E-state index < -0.39 is 0 Å². The van der Waals surface area contributed by atoms with Crippen LogP contribution in [0.5, 0.6) is 0 Å². The molecule has 1 aromatic rings. The second-order valence-electron chi connectivity index (χ2n) is 1.87. The summed E-state index contributed by atoms with van der Waals surface area (Å²) in [6, 6.07) is 3.92. The van der Waals surface area contributed by atoms with Crippen LogP contribution in [0.25, 0.3) is 6.08 Å². The Balaban J connectivity index is 2.67. The van der Waals surface area contributed by atoms with Gasteiger partial charge in [-0.1, -0.05) is 18.2 Å². The minimum absolute atomic E-state index is 0.773. The third kappa shape index (κ3) is 2.23.